The number of carbonyl (C=O) groups is 1. The summed E-state index contributed by atoms with van der Waals surface area (Å²) in [5, 5.41) is 2.93. The van der Waals surface area contributed by atoms with Gasteiger partial charge in [-0.15, -0.1) is 0 Å². The van der Waals surface area contributed by atoms with Gasteiger partial charge in [0.1, 0.15) is 17.2 Å². The molecule has 0 bridgehead atoms. The van der Waals surface area contributed by atoms with Crippen LogP contribution in [-0.4, -0.2) is 23.5 Å². The van der Waals surface area contributed by atoms with E-state index in [1.807, 2.05) is 30.3 Å². The first-order chi connectivity index (χ1) is 11.2. The number of nitrogens with two attached hydrogens (primary N) is 1. The van der Waals surface area contributed by atoms with Crippen LogP contribution in [0.25, 0.3) is 0 Å². The minimum atomic E-state index is -0.227. The maximum Gasteiger partial charge on any atom is 0.270 e. The van der Waals surface area contributed by atoms with Crippen LogP contribution in [0.3, 0.4) is 0 Å². The Balaban J connectivity index is 2.02. The first-order valence-corrected chi connectivity index (χ1v) is 7.92. The van der Waals surface area contributed by atoms with Crippen molar-refractivity contribution < 1.29 is 9.53 Å². The first-order valence-electron chi connectivity index (χ1n) is 7.92. The van der Waals surface area contributed by atoms with Crippen molar-refractivity contribution in [2.45, 2.75) is 32.2 Å². The Morgan fingerprint density at radius 1 is 1.26 bits per heavy atom. The summed E-state index contributed by atoms with van der Waals surface area (Å²) >= 11 is 0. The van der Waals surface area contributed by atoms with Crippen molar-refractivity contribution in [2.24, 2.45) is 5.73 Å². The summed E-state index contributed by atoms with van der Waals surface area (Å²) in [6, 6.07) is 12.7. The van der Waals surface area contributed by atoms with E-state index in [2.05, 4.69) is 17.2 Å². The van der Waals surface area contributed by atoms with Crippen LogP contribution >= 0.6 is 0 Å². The van der Waals surface area contributed by atoms with E-state index in [0.29, 0.717) is 23.7 Å². The number of unbranched alkanes of at least 4 members (excludes halogenated alkanes) is 1. The van der Waals surface area contributed by atoms with Crippen molar-refractivity contribution in [3.05, 3.63) is 54.4 Å². The molecule has 0 aliphatic carbocycles. The van der Waals surface area contributed by atoms with Crippen LogP contribution in [-0.2, 0) is 0 Å². The molecule has 0 aliphatic heterocycles. The van der Waals surface area contributed by atoms with E-state index in [1.54, 1.807) is 18.3 Å². The second-order valence-electron chi connectivity index (χ2n) is 5.34. The number of ether oxygens (including phenoxy) is 1. The van der Waals surface area contributed by atoms with E-state index in [9.17, 15) is 4.79 Å². The summed E-state index contributed by atoms with van der Waals surface area (Å²) in [5.74, 6) is 1.07. The number of hydrogen-bond acceptors (Lipinski definition) is 4. The molecule has 1 aromatic carbocycles. The highest BCUT2D eigenvalue weighted by atomic mass is 16.5. The minimum Gasteiger partial charge on any atom is -0.457 e. The summed E-state index contributed by atoms with van der Waals surface area (Å²) in [4.78, 5) is 16.4. The van der Waals surface area contributed by atoms with Gasteiger partial charge in [-0.2, -0.15) is 0 Å². The smallest absolute Gasteiger partial charge is 0.270 e. The molecule has 0 fully saturated rings. The number of amides is 1. The van der Waals surface area contributed by atoms with E-state index in [0.717, 1.165) is 19.3 Å². The molecule has 0 spiro atoms. The highest BCUT2D eigenvalue weighted by Gasteiger charge is 2.14. The van der Waals surface area contributed by atoms with Crippen molar-refractivity contribution in [1.29, 1.82) is 0 Å². The number of carbonyl (C=O) groups excluding carboxylic acids is 1. The zero-order valence-corrected chi connectivity index (χ0v) is 13.4. The summed E-state index contributed by atoms with van der Waals surface area (Å²) in [6.07, 6.45) is 4.55. The van der Waals surface area contributed by atoms with Gasteiger partial charge in [0.25, 0.3) is 5.91 Å². The molecule has 1 amide bonds. The predicted octanol–water partition coefficient (Wildman–Crippen LogP) is 3.12. The van der Waals surface area contributed by atoms with Gasteiger partial charge in [0.05, 0.1) is 0 Å². The van der Waals surface area contributed by atoms with Gasteiger partial charge in [0.15, 0.2) is 0 Å². The van der Waals surface area contributed by atoms with Crippen LogP contribution in [0, 0.1) is 0 Å². The van der Waals surface area contributed by atoms with Gasteiger partial charge in [0, 0.05) is 24.8 Å². The molecule has 1 unspecified atom stereocenters. The van der Waals surface area contributed by atoms with E-state index in [1.165, 1.54) is 0 Å². The number of pyridine rings is 1. The van der Waals surface area contributed by atoms with Crippen molar-refractivity contribution in [3.63, 3.8) is 0 Å². The quantitative estimate of drug-likeness (QED) is 0.785. The van der Waals surface area contributed by atoms with Crippen molar-refractivity contribution in [2.75, 3.05) is 6.54 Å². The van der Waals surface area contributed by atoms with Crippen LogP contribution < -0.4 is 15.8 Å². The van der Waals surface area contributed by atoms with E-state index in [4.69, 9.17) is 10.5 Å². The Hall–Kier alpha value is -2.40. The lowest BCUT2D eigenvalue weighted by atomic mass is 10.1. The molecule has 0 saturated heterocycles. The lowest BCUT2D eigenvalue weighted by Gasteiger charge is -2.16. The lowest BCUT2D eigenvalue weighted by Crippen LogP contribution is -2.40. The van der Waals surface area contributed by atoms with Gasteiger partial charge in [-0.25, -0.2) is 0 Å². The molecule has 3 N–H and O–H groups in total. The normalized spacial score (nSPS) is 11.7. The molecule has 0 saturated carbocycles. The standard InChI is InChI=1S/C18H23N3O2/c1-2-3-7-14(13-19)21-18(22)17-12-16(10-11-20-17)23-15-8-5-4-6-9-15/h4-6,8-12,14H,2-3,7,13,19H2,1H3,(H,21,22). The molecule has 1 aromatic heterocycles. The van der Waals surface area contributed by atoms with Crippen molar-refractivity contribution in [1.82, 2.24) is 10.3 Å². The number of nitrogens with zero attached hydrogens (tertiary/aromatic N) is 1. The summed E-state index contributed by atoms with van der Waals surface area (Å²) in [6.45, 7) is 2.54. The Morgan fingerprint density at radius 3 is 2.74 bits per heavy atom. The van der Waals surface area contributed by atoms with Crippen LogP contribution in [0.4, 0.5) is 0 Å². The highest BCUT2D eigenvalue weighted by molar-refractivity contribution is 5.92. The van der Waals surface area contributed by atoms with Gasteiger partial charge in [-0.3, -0.25) is 9.78 Å². The SMILES string of the molecule is CCCCC(CN)NC(=O)c1cc(Oc2ccccc2)ccn1. The topological polar surface area (TPSA) is 77.2 Å². The molecule has 2 rings (SSSR count). The molecule has 5 heteroatoms. The second kappa shape index (κ2) is 8.90. The van der Waals surface area contributed by atoms with Crippen LogP contribution in [0.1, 0.15) is 36.7 Å². The number of hydrogen-bond donors (Lipinski definition) is 2. The molecule has 0 aliphatic rings. The molecule has 122 valence electrons. The highest BCUT2D eigenvalue weighted by Crippen LogP contribution is 2.20. The summed E-state index contributed by atoms with van der Waals surface area (Å²) < 4.78 is 5.72. The minimum absolute atomic E-state index is 0.0250. The third-order valence-corrected chi connectivity index (χ3v) is 3.47. The molecule has 0 radical (unpaired) electrons. The van der Waals surface area contributed by atoms with Crippen molar-refractivity contribution >= 4 is 5.91 Å². The summed E-state index contributed by atoms with van der Waals surface area (Å²) in [5.41, 5.74) is 6.04. The zero-order valence-electron chi connectivity index (χ0n) is 13.4. The van der Waals surface area contributed by atoms with Gasteiger partial charge in [0.2, 0.25) is 0 Å². The van der Waals surface area contributed by atoms with Gasteiger partial charge < -0.3 is 15.8 Å². The van der Waals surface area contributed by atoms with E-state index in [-0.39, 0.29) is 11.9 Å². The van der Waals surface area contributed by atoms with Crippen LogP contribution in [0.5, 0.6) is 11.5 Å². The Morgan fingerprint density at radius 2 is 2.04 bits per heavy atom. The fourth-order valence-corrected chi connectivity index (χ4v) is 2.18. The number of para-hydroxylation sites is 1. The van der Waals surface area contributed by atoms with E-state index < -0.39 is 0 Å². The predicted molar refractivity (Wildman–Crippen MR) is 90.6 cm³/mol. The van der Waals surface area contributed by atoms with Crippen LogP contribution in [0.2, 0.25) is 0 Å². The molecule has 2 aromatic rings. The fourth-order valence-electron chi connectivity index (χ4n) is 2.18. The molecular weight excluding hydrogens is 290 g/mol. The molecular formula is C18H23N3O2. The third kappa shape index (κ3) is 5.38. The lowest BCUT2D eigenvalue weighted by molar-refractivity contribution is 0.0930. The number of benzene rings is 1. The fraction of sp³-hybridized carbons (Fsp3) is 0.333. The Bertz CT molecular complexity index is 617. The van der Waals surface area contributed by atoms with Gasteiger partial charge >= 0.3 is 0 Å². The van der Waals surface area contributed by atoms with Gasteiger partial charge in [-0.1, -0.05) is 38.0 Å². The average Bonchev–Trinajstić information content (AvgIpc) is 2.59. The maximum absolute atomic E-state index is 12.3. The number of aromatic nitrogens is 1. The van der Waals surface area contributed by atoms with E-state index >= 15 is 0 Å². The monoisotopic (exact) mass is 313 g/mol. The third-order valence-electron chi connectivity index (χ3n) is 3.47. The largest absolute Gasteiger partial charge is 0.457 e. The average molecular weight is 313 g/mol. The second-order valence-corrected chi connectivity index (χ2v) is 5.34. The Kier molecular flexibility index (Phi) is 6.56. The first kappa shape index (κ1) is 17.0. The van der Waals surface area contributed by atoms with Crippen molar-refractivity contribution in [3.8, 4) is 11.5 Å². The number of nitrogens with one attached hydrogen (secondary N) is 1. The number of rotatable bonds is 8. The molecule has 5 nitrogen and oxygen atoms in total. The van der Waals surface area contributed by atoms with Crippen LogP contribution in [0.15, 0.2) is 48.7 Å². The molecule has 23 heavy (non-hydrogen) atoms. The maximum atomic E-state index is 12.3. The zero-order chi connectivity index (χ0) is 16.5. The molecule has 1 heterocycles. The molecule has 1 atom stereocenters. The summed E-state index contributed by atoms with van der Waals surface area (Å²) in [7, 11) is 0. The van der Waals surface area contributed by atoms with Gasteiger partial charge in [-0.05, 0) is 24.6 Å². The Labute approximate surface area is 136 Å².